The van der Waals surface area contributed by atoms with Crippen molar-refractivity contribution in [3.8, 4) is 0 Å². The molecule has 1 N–H and O–H groups in total. The number of carbonyl (C=O) groups excluding carboxylic acids is 1. The fraction of sp³-hybridized carbons (Fsp3) is 0.889. The molecule has 4 nitrogen and oxygen atoms in total. The Morgan fingerprint density at radius 3 is 2.50 bits per heavy atom. The van der Waals surface area contributed by atoms with Gasteiger partial charge in [-0.2, -0.15) is 13.2 Å². The lowest BCUT2D eigenvalue weighted by Gasteiger charge is -2.29. The van der Waals surface area contributed by atoms with Crippen LogP contribution in [0.5, 0.6) is 0 Å². The van der Waals surface area contributed by atoms with E-state index in [9.17, 15) is 18.0 Å². The molecule has 0 saturated carbocycles. The normalized spacial score (nSPS) is 19.6. The number of alkyl halides is 3. The molecule has 1 unspecified atom stereocenters. The summed E-state index contributed by atoms with van der Waals surface area (Å²) < 4.78 is 40.8. The van der Waals surface area contributed by atoms with Crippen molar-refractivity contribution in [2.24, 2.45) is 0 Å². The van der Waals surface area contributed by atoms with Gasteiger partial charge in [0.15, 0.2) is 0 Å². The maximum atomic E-state index is 11.9. The predicted molar refractivity (Wildman–Crippen MR) is 50.9 cm³/mol. The molecule has 0 aromatic carbocycles. The molecule has 0 bridgehead atoms. The minimum atomic E-state index is -4.29. The molecule has 0 aromatic heterocycles. The number of morpholine rings is 1. The van der Waals surface area contributed by atoms with Crippen LogP contribution in [-0.4, -0.2) is 55.9 Å². The lowest BCUT2D eigenvalue weighted by Crippen LogP contribution is -2.50. The van der Waals surface area contributed by atoms with Crippen molar-refractivity contribution in [3.05, 3.63) is 0 Å². The van der Waals surface area contributed by atoms with Crippen LogP contribution in [0, 0.1) is 0 Å². The number of nitrogens with zero attached hydrogens (tertiary/aromatic N) is 1. The molecule has 7 heteroatoms. The first-order chi connectivity index (χ1) is 7.40. The molecule has 1 fully saturated rings. The topological polar surface area (TPSA) is 41.6 Å². The van der Waals surface area contributed by atoms with Gasteiger partial charge in [0, 0.05) is 13.1 Å². The van der Waals surface area contributed by atoms with Gasteiger partial charge in [0.05, 0.1) is 25.8 Å². The highest BCUT2D eigenvalue weighted by Gasteiger charge is 2.30. The Balaban J connectivity index is 2.34. The van der Waals surface area contributed by atoms with Crippen LogP contribution in [0.2, 0.25) is 0 Å². The first kappa shape index (κ1) is 13.2. The second kappa shape index (κ2) is 5.49. The average molecular weight is 240 g/mol. The third-order valence-electron chi connectivity index (χ3n) is 2.30. The summed E-state index contributed by atoms with van der Waals surface area (Å²) in [5.74, 6) is -0.312. The summed E-state index contributed by atoms with van der Waals surface area (Å²) in [6, 6.07) is -0.820. The molecule has 1 atom stereocenters. The molecule has 1 amide bonds. The number of halogens is 3. The van der Waals surface area contributed by atoms with E-state index in [4.69, 9.17) is 4.74 Å². The van der Waals surface area contributed by atoms with Crippen molar-refractivity contribution in [2.45, 2.75) is 19.1 Å². The molecule has 1 rings (SSSR count). The molecule has 0 aromatic rings. The van der Waals surface area contributed by atoms with Gasteiger partial charge in [-0.3, -0.25) is 10.1 Å². The minimum Gasteiger partial charge on any atom is -0.378 e. The van der Waals surface area contributed by atoms with E-state index in [0.717, 1.165) is 0 Å². The molecule has 0 spiro atoms. The Kier molecular flexibility index (Phi) is 4.55. The van der Waals surface area contributed by atoms with Crippen LogP contribution in [0.3, 0.4) is 0 Å². The monoisotopic (exact) mass is 240 g/mol. The quantitative estimate of drug-likeness (QED) is 0.775. The molecule has 1 heterocycles. The predicted octanol–water partition coefficient (Wildman–Crippen LogP) is 0.386. The van der Waals surface area contributed by atoms with Crippen molar-refractivity contribution in [1.82, 2.24) is 10.2 Å². The number of ether oxygens (including phenoxy) is 1. The van der Waals surface area contributed by atoms with Gasteiger partial charge in [-0.05, 0) is 6.92 Å². The van der Waals surface area contributed by atoms with Crippen molar-refractivity contribution in [1.29, 1.82) is 0 Å². The molecule has 16 heavy (non-hydrogen) atoms. The molecular weight excluding hydrogens is 225 g/mol. The summed E-state index contributed by atoms with van der Waals surface area (Å²) in [5.41, 5.74) is 0. The number of carbonyl (C=O) groups is 1. The summed E-state index contributed by atoms with van der Waals surface area (Å²) in [5, 5.41) is 2.16. The van der Waals surface area contributed by atoms with Crippen molar-refractivity contribution in [2.75, 3.05) is 32.8 Å². The van der Waals surface area contributed by atoms with E-state index in [2.05, 4.69) is 5.32 Å². The second-order valence-corrected chi connectivity index (χ2v) is 3.66. The molecule has 94 valence electrons. The number of nitrogens with one attached hydrogen (secondary N) is 1. The number of amides is 1. The molecule has 1 saturated heterocycles. The van der Waals surface area contributed by atoms with Gasteiger partial charge in [0.1, 0.15) is 0 Å². The SMILES string of the molecule is CC(NCC(F)(F)F)C(=O)N1CCOCC1. The standard InChI is InChI=1S/C9H15F3N2O2/c1-7(13-6-9(10,11)12)8(15)14-2-4-16-5-3-14/h7,13H,2-6H2,1H3. The van der Waals surface area contributed by atoms with Crippen LogP contribution in [0.25, 0.3) is 0 Å². The van der Waals surface area contributed by atoms with Crippen LogP contribution in [0.4, 0.5) is 13.2 Å². The Bertz CT molecular complexity index is 239. The highest BCUT2D eigenvalue weighted by molar-refractivity contribution is 5.81. The Hall–Kier alpha value is -0.820. The zero-order valence-corrected chi connectivity index (χ0v) is 9.01. The third kappa shape index (κ3) is 4.36. The van der Waals surface area contributed by atoms with Crippen LogP contribution in [0.1, 0.15) is 6.92 Å². The third-order valence-corrected chi connectivity index (χ3v) is 2.30. The van der Waals surface area contributed by atoms with Crippen LogP contribution in [-0.2, 0) is 9.53 Å². The van der Waals surface area contributed by atoms with Crippen molar-refractivity contribution >= 4 is 5.91 Å². The first-order valence-corrected chi connectivity index (χ1v) is 5.07. The summed E-state index contributed by atoms with van der Waals surface area (Å²) in [4.78, 5) is 13.2. The van der Waals surface area contributed by atoms with E-state index in [0.29, 0.717) is 26.3 Å². The molecule has 1 aliphatic rings. The van der Waals surface area contributed by atoms with Gasteiger partial charge in [0.2, 0.25) is 5.91 Å². The molecule has 0 radical (unpaired) electrons. The second-order valence-electron chi connectivity index (χ2n) is 3.66. The van der Waals surface area contributed by atoms with E-state index < -0.39 is 18.8 Å². The summed E-state index contributed by atoms with van der Waals surface area (Å²) in [6.07, 6.45) is -4.29. The van der Waals surface area contributed by atoms with Gasteiger partial charge < -0.3 is 9.64 Å². The molecule has 1 aliphatic heterocycles. The molecular formula is C9H15F3N2O2. The largest absolute Gasteiger partial charge is 0.401 e. The zero-order valence-electron chi connectivity index (χ0n) is 9.01. The fourth-order valence-corrected chi connectivity index (χ4v) is 1.41. The van der Waals surface area contributed by atoms with E-state index >= 15 is 0 Å². The van der Waals surface area contributed by atoms with Crippen LogP contribution >= 0.6 is 0 Å². The Morgan fingerprint density at radius 2 is 2.00 bits per heavy atom. The van der Waals surface area contributed by atoms with Gasteiger partial charge in [0.25, 0.3) is 0 Å². The number of rotatable bonds is 3. The van der Waals surface area contributed by atoms with Crippen LogP contribution in [0.15, 0.2) is 0 Å². The average Bonchev–Trinajstić information content (AvgIpc) is 2.25. The lowest BCUT2D eigenvalue weighted by molar-refractivity contribution is -0.141. The van der Waals surface area contributed by atoms with E-state index in [-0.39, 0.29) is 5.91 Å². The van der Waals surface area contributed by atoms with Gasteiger partial charge in [-0.15, -0.1) is 0 Å². The van der Waals surface area contributed by atoms with Crippen molar-refractivity contribution in [3.63, 3.8) is 0 Å². The summed E-state index contributed by atoms with van der Waals surface area (Å²) in [7, 11) is 0. The fourth-order valence-electron chi connectivity index (χ4n) is 1.41. The number of hydrogen-bond donors (Lipinski definition) is 1. The van der Waals surface area contributed by atoms with Gasteiger partial charge in [-0.1, -0.05) is 0 Å². The van der Waals surface area contributed by atoms with E-state index in [1.807, 2.05) is 0 Å². The van der Waals surface area contributed by atoms with Crippen LogP contribution < -0.4 is 5.32 Å². The van der Waals surface area contributed by atoms with E-state index in [1.165, 1.54) is 11.8 Å². The molecule has 0 aliphatic carbocycles. The highest BCUT2D eigenvalue weighted by Crippen LogP contribution is 2.12. The van der Waals surface area contributed by atoms with Crippen molar-refractivity contribution < 1.29 is 22.7 Å². The highest BCUT2D eigenvalue weighted by atomic mass is 19.4. The summed E-state index contributed by atoms with van der Waals surface area (Å²) in [6.45, 7) is 2.05. The van der Waals surface area contributed by atoms with Gasteiger partial charge in [-0.25, -0.2) is 0 Å². The minimum absolute atomic E-state index is 0.312. The first-order valence-electron chi connectivity index (χ1n) is 5.07. The number of hydrogen-bond acceptors (Lipinski definition) is 3. The lowest BCUT2D eigenvalue weighted by atomic mass is 10.2. The Morgan fingerprint density at radius 1 is 1.44 bits per heavy atom. The summed E-state index contributed by atoms with van der Waals surface area (Å²) >= 11 is 0. The van der Waals surface area contributed by atoms with Gasteiger partial charge >= 0.3 is 6.18 Å². The van der Waals surface area contributed by atoms with E-state index in [1.54, 1.807) is 0 Å². The smallest absolute Gasteiger partial charge is 0.378 e. The Labute approximate surface area is 91.7 Å². The maximum Gasteiger partial charge on any atom is 0.401 e. The zero-order chi connectivity index (χ0) is 12.2. The maximum absolute atomic E-state index is 11.9.